The molecule has 0 heterocycles. The number of benzene rings is 5. The van der Waals surface area contributed by atoms with E-state index in [1.165, 1.54) is 5.92 Å². The third-order valence-corrected chi connectivity index (χ3v) is 6.57. The Morgan fingerprint density at radius 1 is 0.614 bits per heavy atom. The number of halogens is 10. The van der Waals surface area contributed by atoms with Crippen LogP contribution in [0.1, 0.15) is 16.7 Å². The summed E-state index contributed by atoms with van der Waals surface area (Å²) < 4.78 is 145. The number of alkyl halides is 5. The third kappa shape index (κ3) is 6.20. The van der Waals surface area contributed by atoms with E-state index in [9.17, 15) is 39.5 Å². The molecule has 1 nitrogen and oxygen atoms in total. The van der Waals surface area contributed by atoms with Crippen LogP contribution in [0.15, 0.2) is 78.9 Å². The third-order valence-electron chi connectivity index (χ3n) is 6.57. The first-order chi connectivity index (χ1) is 20.6. The van der Waals surface area contributed by atoms with E-state index in [1.807, 2.05) is 0 Å². The standard InChI is InChI=1S/C33H16F10O/c1-17-2-4-18(5-3-17)20-13-28(36)30(29(37)14-20)33(42,43)44-22-7-9-23(27(35)16-22)19-6-8-24-21(12-19)15-26(34)25(31(24)38)10-11-32(39,40)41/h2-9,12-16H,1H3. The van der Waals surface area contributed by atoms with Crippen LogP contribution in [-0.2, 0) is 6.11 Å². The molecule has 0 aliphatic rings. The zero-order valence-electron chi connectivity index (χ0n) is 22.2. The molecule has 0 N–H and O–H groups in total. The summed E-state index contributed by atoms with van der Waals surface area (Å²) in [5.74, 6) is -5.65. The van der Waals surface area contributed by atoms with Crippen LogP contribution in [0.2, 0.25) is 0 Å². The van der Waals surface area contributed by atoms with Crippen LogP contribution in [0.4, 0.5) is 43.9 Å². The van der Waals surface area contributed by atoms with Crippen molar-refractivity contribution in [3.05, 3.63) is 125 Å². The SMILES string of the molecule is Cc1ccc(-c2cc(F)c(C(F)(F)Oc3ccc(-c4ccc5c(F)c(C#CC(F)(F)F)c(F)cc5c4)c(F)c3)c(F)c2)cc1. The monoisotopic (exact) mass is 618 g/mol. The average molecular weight is 618 g/mol. The molecule has 0 saturated carbocycles. The predicted octanol–water partition coefficient (Wildman–Crippen LogP) is 10.2. The van der Waals surface area contributed by atoms with Gasteiger partial charge in [0.15, 0.2) is 0 Å². The summed E-state index contributed by atoms with van der Waals surface area (Å²) in [6, 6.07) is 14.4. The minimum absolute atomic E-state index is 0.00977. The maximum absolute atomic E-state index is 15.0. The highest BCUT2D eigenvalue weighted by Crippen LogP contribution is 2.38. The second-order valence-electron chi connectivity index (χ2n) is 9.67. The van der Waals surface area contributed by atoms with Crippen LogP contribution >= 0.6 is 0 Å². The highest BCUT2D eigenvalue weighted by Gasteiger charge is 2.41. The van der Waals surface area contributed by atoms with Crippen molar-refractivity contribution in [2.45, 2.75) is 19.2 Å². The Bertz CT molecular complexity index is 1940. The van der Waals surface area contributed by atoms with Gasteiger partial charge in [-0.15, -0.1) is 0 Å². The van der Waals surface area contributed by atoms with Crippen LogP contribution in [-0.4, -0.2) is 6.18 Å². The van der Waals surface area contributed by atoms with Crippen molar-refractivity contribution in [3.8, 4) is 39.8 Å². The van der Waals surface area contributed by atoms with Gasteiger partial charge in [0.05, 0.1) is 5.56 Å². The molecule has 0 radical (unpaired) electrons. The van der Waals surface area contributed by atoms with Crippen LogP contribution in [0, 0.1) is 47.9 Å². The molecule has 0 saturated heterocycles. The van der Waals surface area contributed by atoms with Gasteiger partial charge in [-0.05, 0) is 65.4 Å². The summed E-state index contributed by atoms with van der Waals surface area (Å²) in [6.07, 6.45) is -9.54. The van der Waals surface area contributed by atoms with Gasteiger partial charge in [-0.3, -0.25) is 0 Å². The molecule has 0 atom stereocenters. The summed E-state index contributed by atoms with van der Waals surface area (Å²) in [7, 11) is 0. The molecule has 5 aromatic rings. The van der Waals surface area contributed by atoms with Gasteiger partial charge in [0.2, 0.25) is 0 Å². The molecule has 0 unspecified atom stereocenters. The van der Waals surface area contributed by atoms with Crippen molar-refractivity contribution < 1.29 is 48.6 Å². The topological polar surface area (TPSA) is 9.23 Å². The normalized spacial score (nSPS) is 11.8. The lowest BCUT2D eigenvalue weighted by atomic mass is 9.98. The van der Waals surface area contributed by atoms with Crippen molar-refractivity contribution in [2.75, 3.05) is 0 Å². The first-order valence-corrected chi connectivity index (χ1v) is 12.6. The molecule has 0 fully saturated rings. The Morgan fingerprint density at radius 2 is 1.25 bits per heavy atom. The van der Waals surface area contributed by atoms with Crippen LogP contribution in [0.3, 0.4) is 0 Å². The van der Waals surface area contributed by atoms with E-state index in [1.54, 1.807) is 31.2 Å². The molecule has 0 aliphatic heterocycles. The Balaban J connectivity index is 1.43. The molecule has 11 heteroatoms. The number of hydrogen-bond donors (Lipinski definition) is 0. The Morgan fingerprint density at radius 3 is 1.86 bits per heavy atom. The highest BCUT2D eigenvalue weighted by atomic mass is 19.4. The summed E-state index contributed by atoms with van der Waals surface area (Å²) in [6.45, 7) is 1.80. The average Bonchev–Trinajstić information content (AvgIpc) is 2.91. The molecule has 0 aromatic heterocycles. The summed E-state index contributed by atoms with van der Waals surface area (Å²) in [5, 5.41) is -0.458. The van der Waals surface area contributed by atoms with Gasteiger partial charge in [0.25, 0.3) is 0 Å². The van der Waals surface area contributed by atoms with E-state index in [-0.39, 0.29) is 27.5 Å². The van der Waals surface area contributed by atoms with Crippen molar-refractivity contribution in [1.29, 1.82) is 0 Å². The van der Waals surface area contributed by atoms with Crippen molar-refractivity contribution in [2.24, 2.45) is 0 Å². The first kappa shape index (κ1) is 30.5. The molecular weight excluding hydrogens is 602 g/mol. The molecule has 44 heavy (non-hydrogen) atoms. The number of aryl methyl sites for hydroxylation is 1. The van der Waals surface area contributed by atoms with Crippen molar-refractivity contribution in [1.82, 2.24) is 0 Å². The number of hydrogen-bond acceptors (Lipinski definition) is 1. The maximum Gasteiger partial charge on any atom is 0.458 e. The Hall–Kier alpha value is -4.98. The highest BCUT2D eigenvalue weighted by molar-refractivity contribution is 5.89. The van der Waals surface area contributed by atoms with E-state index in [4.69, 9.17) is 0 Å². The molecule has 0 spiro atoms. The number of fused-ring (bicyclic) bond motifs is 1. The van der Waals surface area contributed by atoms with Gasteiger partial charge in [0, 0.05) is 22.9 Å². The van der Waals surface area contributed by atoms with Gasteiger partial charge < -0.3 is 4.74 Å². The van der Waals surface area contributed by atoms with E-state index in [2.05, 4.69) is 4.74 Å². The van der Waals surface area contributed by atoms with Gasteiger partial charge in [0.1, 0.15) is 40.4 Å². The fraction of sp³-hybridized carbons (Fsp3) is 0.0909. The molecule has 0 bridgehead atoms. The van der Waals surface area contributed by atoms with E-state index >= 15 is 4.39 Å². The Kier molecular flexibility index (Phi) is 7.80. The number of ether oxygens (including phenoxy) is 1. The zero-order chi connectivity index (χ0) is 32.0. The fourth-order valence-electron chi connectivity index (χ4n) is 4.50. The first-order valence-electron chi connectivity index (χ1n) is 12.6. The lowest BCUT2D eigenvalue weighted by Gasteiger charge is -2.20. The molecule has 5 rings (SSSR count). The smallest absolute Gasteiger partial charge is 0.429 e. The lowest BCUT2D eigenvalue weighted by Crippen LogP contribution is -2.25. The minimum atomic E-state index is -4.98. The second-order valence-corrected chi connectivity index (χ2v) is 9.67. The maximum atomic E-state index is 15.0. The molecular formula is C33H16F10O. The van der Waals surface area contributed by atoms with E-state index in [0.29, 0.717) is 17.7 Å². The van der Waals surface area contributed by atoms with Crippen molar-refractivity contribution >= 4 is 10.8 Å². The zero-order valence-corrected chi connectivity index (χ0v) is 22.2. The summed E-state index contributed by atoms with van der Waals surface area (Å²) >= 11 is 0. The van der Waals surface area contributed by atoms with Crippen LogP contribution < -0.4 is 4.74 Å². The largest absolute Gasteiger partial charge is 0.458 e. The predicted molar refractivity (Wildman–Crippen MR) is 143 cm³/mol. The van der Waals surface area contributed by atoms with E-state index < -0.39 is 58.2 Å². The lowest BCUT2D eigenvalue weighted by molar-refractivity contribution is -0.189. The van der Waals surface area contributed by atoms with Crippen molar-refractivity contribution in [3.63, 3.8) is 0 Å². The molecule has 224 valence electrons. The minimum Gasteiger partial charge on any atom is -0.429 e. The van der Waals surface area contributed by atoms with Gasteiger partial charge in [-0.2, -0.15) is 22.0 Å². The Labute approximate surface area is 243 Å². The van der Waals surface area contributed by atoms with Gasteiger partial charge in [-0.25, -0.2) is 22.0 Å². The molecule has 0 amide bonds. The van der Waals surface area contributed by atoms with Crippen LogP contribution in [0.5, 0.6) is 5.75 Å². The molecule has 0 aliphatic carbocycles. The van der Waals surface area contributed by atoms with Crippen LogP contribution in [0.25, 0.3) is 33.0 Å². The fourth-order valence-corrected chi connectivity index (χ4v) is 4.50. The van der Waals surface area contributed by atoms with Gasteiger partial charge in [-0.1, -0.05) is 47.9 Å². The van der Waals surface area contributed by atoms with E-state index in [0.717, 1.165) is 53.9 Å². The molecule has 5 aromatic carbocycles. The van der Waals surface area contributed by atoms with Gasteiger partial charge >= 0.3 is 12.3 Å². The quantitative estimate of drug-likeness (QED) is 0.141. The summed E-state index contributed by atoms with van der Waals surface area (Å²) in [5.41, 5.74) is -1.73. The summed E-state index contributed by atoms with van der Waals surface area (Å²) in [4.78, 5) is 0. The second kappa shape index (κ2) is 11.3. The number of rotatable bonds is 5.